The van der Waals surface area contributed by atoms with Gasteiger partial charge in [-0.25, -0.2) is 0 Å². The third-order valence-corrected chi connectivity index (χ3v) is 4.44. The van der Waals surface area contributed by atoms with Gasteiger partial charge in [-0.05, 0) is 48.9 Å². The first-order chi connectivity index (χ1) is 9.01. The quantitative estimate of drug-likeness (QED) is 0.850. The Labute approximate surface area is 116 Å². The topological polar surface area (TPSA) is 38.5 Å². The molecule has 1 heterocycles. The number of hydrogen-bond donors (Lipinski definition) is 1. The Kier molecular flexibility index (Phi) is 4.35. The van der Waals surface area contributed by atoms with Crippen LogP contribution < -0.4 is 10.5 Å². The molecule has 0 aromatic heterocycles. The van der Waals surface area contributed by atoms with Crippen LogP contribution in [0.4, 0.5) is 5.69 Å². The summed E-state index contributed by atoms with van der Waals surface area (Å²) in [6.07, 6.45) is 1.32. The van der Waals surface area contributed by atoms with Crippen molar-refractivity contribution in [2.24, 2.45) is 11.8 Å². The number of rotatable bonds is 3. The standard InChI is InChI=1S/C16H26N2O/c1-11-7-12(2)13(3)18(9-11)10-14-8-15(19-4)5-6-16(14)17/h5-6,8,11-13H,7,9-10,17H2,1-4H3. The van der Waals surface area contributed by atoms with Crippen LogP contribution in [0.15, 0.2) is 18.2 Å². The van der Waals surface area contributed by atoms with Gasteiger partial charge in [0.2, 0.25) is 0 Å². The number of nitrogens with zero attached hydrogens (tertiary/aromatic N) is 1. The Balaban J connectivity index is 2.15. The van der Waals surface area contributed by atoms with E-state index in [1.165, 1.54) is 12.0 Å². The van der Waals surface area contributed by atoms with E-state index in [0.29, 0.717) is 6.04 Å². The van der Waals surface area contributed by atoms with Gasteiger partial charge in [0.1, 0.15) is 5.75 Å². The van der Waals surface area contributed by atoms with E-state index in [0.717, 1.165) is 36.4 Å². The van der Waals surface area contributed by atoms with Gasteiger partial charge < -0.3 is 10.5 Å². The van der Waals surface area contributed by atoms with E-state index in [-0.39, 0.29) is 0 Å². The molecule has 1 aromatic carbocycles. The molecule has 1 saturated heterocycles. The first kappa shape index (κ1) is 14.2. The van der Waals surface area contributed by atoms with Crippen LogP contribution in [-0.4, -0.2) is 24.6 Å². The van der Waals surface area contributed by atoms with Crippen molar-refractivity contribution in [1.82, 2.24) is 4.90 Å². The van der Waals surface area contributed by atoms with E-state index in [1.54, 1.807) is 7.11 Å². The third-order valence-electron chi connectivity index (χ3n) is 4.44. The Morgan fingerprint density at radius 3 is 2.74 bits per heavy atom. The molecule has 3 nitrogen and oxygen atoms in total. The SMILES string of the molecule is COc1ccc(N)c(CN2CC(C)CC(C)C2C)c1. The Hall–Kier alpha value is -1.22. The van der Waals surface area contributed by atoms with Gasteiger partial charge in [-0.3, -0.25) is 4.90 Å². The summed E-state index contributed by atoms with van der Waals surface area (Å²) in [4.78, 5) is 2.55. The van der Waals surface area contributed by atoms with E-state index >= 15 is 0 Å². The number of anilines is 1. The summed E-state index contributed by atoms with van der Waals surface area (Å²) in [7, 11) is 1.70. The number of methoxy groups -OCH3 is 1. The zero-order chi connectivity index (χ0) is 14.0. The first-order valence-corrected chi connectivity index (χ1v) is 7.17. The first-order valence-electron chi connectivity index (χ1n) is 7.17. The highest BCUT2D eigenvalue weighted by molar-refractivity contribution is 5.50. The summed E-state index contributed by atoms with van der Waals surface area (Å²) in [5.41, 5.74) is 8.13. The van der Waals surface area contributed by atoms with E-state index in [9.17, 15) is 0 Å². The van der Waals surface area contributed by atoms with Crippen molar-refractivity contribution in [2.45, 2.75) is 39.8 Å². The molecule has 1 aliphatic rings. The summed E-state index contributed by atoms with van der Waals surface area (Å²) < 4.78 is 5.29. The fourth-order valence-electron chi connectivity index (χ4n) is 3.11. The van der Waals surface area contributed by atoms with Gasteiger partial charge in [-0.15, -0.1) is 0 Å². The Morgan fingerprint density at radius 1 is 1.32 bits per heavy atom. The number of likely N-dealkylation sites (tertiary alicyclic amines) is 1. The van der Waals surface area contributed by atoms with Crippen LogP contribution in [0.1, 0.15) is 32.8 Å². The molecule has 0 spiro atoms. The van der Waals surface area contributed by atoms with Crippen LogP contribution in [0.5, 0.6) is 5.75 Å². The molecule has 19 heavy (non-hydrogen) atoms. The minimum Gasteiger partial charge on any atom is -0.497 e. The van der Waals surface area contributed by atoms with Gasteiger partial charge >= 0.3 is 0 Å². The normalized spacial score (nSPS) is 28.3. The monoisotopic (exact) mass is 262 g/mol. The molecule has 0 amide bonds. The van der Waals surface area contributed by atoms with E-state index in [4.69, 9.17) is 10.5 Å². The molecule has 1 aromatic rings. The predicted octanol–water partition coefficient (Wildman–Crippen LogP) is 3.14. The lowest BCUT2D eigenvalue weighted by Gasteiger charge is -2.41. The number of hydrogen-bond acceptors (Lipinski definition) is 3. The van der Waals surface area contributed by atoms with Gasteiger partial charge in [-0.2, -0.15) is 0 Å². The number of nitrogens with two attached hydrogens (primary N) is 1. The summed E-state index contributed by atoms with van der Waals surface area (Å²) in [5.74, 6) is 2.39. The lowest BCUT2D eigenvalue weighted by molar-refractivity contribution is 0.0731. The van der Waals surface area contributed by atoms with Crippen LogP contribution in [0.2, 0.25) is 0 Å². The lowest BCUT2D eigenvalue weighted by Crippen LogP contribution is -2.45. The fourth-order valence-corrected chi connectivity index (χ4v) is 3.11. The zero-order valence-corrected chi connectivity index (χ0v) is 12.5. The highest BCUT2D eigenvalue weighted by atomic mass is 16.5. The number of piperidine rings is 1. The second-order valence-corrected chi connectivity index (χ2v) is 6.05. The van der Waals surface area contributed by atoms with Gasteiger partial charge in [-0.1, -0.05) is 13.8 Å². The van der Waals surface area contributed by atoms with Gasteiger partial charge in [0.15, 0.2) is 0 Å². The molecule has 0 radical (unpaired) electrons. The highest BCUT2D eigenvalue weighted by Crippen LogP contribution is 2.30. The van der Waals surface area contributed by atoms with Crippen LogP contribution in [0.3, 0.4) is 0 Å². The van der Waals surface area contributed by atoms with Crippen molar-refractivity contribution in [3.05, 3.63) is 23.8 Å². The minimum absolute atomic E-state index is 0.613. The number of nitrogen functional groups attached to an aromatic ring is 1. The number of ether oxygens (including phenoxy) is 1. The maximum Gasteiger partial charge on any atom is 0.119 e. The maximum absolute atomic E-state index is 6.09. The molecule has 1 aliphatic heterocycles. The molecule has 106 valence electrons. The lowest BCUT2D eigenvalue weighted by atomic mass is 9.85. The van der Waals surface area contributed by atoms with Gasteiger partial charge in [0.05, 0.1) is 7.11 Å². The van der Waals surface area contributed by atoms with Gasteiger partial charge in [0, 0.05) is 24.8 Å². The van der Waals surface area contributed by atoms with Crippen molar-refractivity contribution in [1.29, 1.82) is 0 Å². The summed E-state index contributed by atoms with van der Waals surface area (Å²) in [6, 6.07) is 6.53. The molecule has 3 heteroatoms. The summed E-state index contributed by atoms with van der Waals surface area (Å²) in [5, 5.41) is 0. The van der Waals surface area contributed by atoms with Crippen LogP contribution >= 0.6 is 0 Å². The predicted molar refractivity (Wildman–Crippen MR) is 80.2 cm³/mol. The van der Waals surface area contributed by atoms with Crippen LogP contribution in [0.25, 0.3) is 0 Å². The molecule has 2 N–H and O–H groups in total. The van der Waals surface area contributed by atoms with Crippen LogP contribution in [-0.2, 0) is 6.54 Å². The summed E-state index contributed by atoms with van der Waals surface area (Å²) >= 11 is 0. The number of benzene rings is 1. The van der Waals surface area contributed by atoms with Gasteiger partial charge in [0.25, 0.3) is 0 Å². The minimum atomic E-state index is 0.613. The third kappa shape index (κ3) is 3.21. The highest BCUT2D eigenvalue weighted by Gasteiger charge is 2.28. The van der Waals surface area contributed by atoms with Crippen molar-refractivity contribution in [3.8, 4) is 5.75 Å². The Bertz CT molecular complexity index is 433. The molecule has 3 atom stereocenters. The van der Waals surface area contributed by atoms with Crippen molar-refractivity contribution in [3.63, 3.8) is 0 Å². The van der Waals surface area contributed by atoms with Crippen molar-refractivity contribution in [2.75, 3.05) is 19.4 Å². The average Bonchev–Trinajstić information content (AvgIpc) is 2.38. The smallest absolute Gasteiger partial charge is 0.119 e. The maximum atomic E-state index is 6.09. The molecule has 0 aliphatic carbocycles. The molecule has 3 unspecified atom stereocenters. The molecule has 0 saturated carbocycles. The van der Waals surface area contributed by atoms with Crippen molar-refractivity contribution >= 4 is 5.69 Å². The van der Waals surface area contributed by atoms with Crippen LogP contribution in [0, 0.1) is 11.8 Å². The van der Waals surface area contributed by atoms with E-state index < -0.39 is 0 Å². The molecule has 2 rings (SSSR count). The van der Waals surface area contributed by atoms with E-state index in [1.807, 2.05) is 12.1 Å². The molecular formula is C16H26N2O. The second kappa shape index (κ2) is 5.83. The largest absolute Gasteiger partial charge is 0.497 e. The fraction of sp³-hybridized carbons (Fsp3) is 0.625. The van der Waals surface area contributed by atoms with Crippen molar-refractivity contribution < 1.29 is 4.74 Å². The zero-order valence-electron chi connectivity index (χ0n) is 12.5. The molecule has 0 bridgehead atoms. The second-order valence-electron chi connectivity index (χ2n) is 6.05. The molecule has 1 fully saturated rings. The Morgan fingerprint density at radius 2 is 2.05 bits per heavy atom. The summed E-state index contributed by atoms with van der Waals surface area (Å²) in [6.45, 7) is 9.08. The average molecular weight is 262 g/mol. The van der Waals surface area contributed by atoms with E-state index in [2.05, 4.69) is 31.7 Å². The molecular weight excluding hydrogens is 236 g/mol.